The van der Waals surface area contributed by atoms with Crippen LogP contribution in [0.15, 0.2) is 22.6 Å². The Hall–Kier alpha value is -2.08. The Kier molecular flexibility index (Phi) is 2.90. The minimum atomic E-state index is -0.453. The molecule has 2 aromatic rings. The predicted octanol–water partition coefficient (Wildman–Crippen LogP) is 1.11. The summed E-state index contributed by atoms with van der Waals surface area (Å²) >= 11 is 0. The SMILES string of the molecule is CC1(C(N)=O)CCN(Cc2nc3c(N)cccc3o2)C1. The fraction of sp³-hybridized carbons (Fsp3) is 0.429. The molecule has 1 unspecified atom stereocenters. The molecule has 6 nitrogen and oxygen atoms in total. The molecule has 20 heavy (non-hydrogen) atoms. The molecular formula is C14H18N4O2. The Bertz CT molecular complexity index is 666. The normalized spacial score (nSPS) is 23.4. The zero-order chi connectivity index (χ0) is 14.3. The molecule has 1 atom stereocenters. The molecule has 1 aromatic carbocycles. The van der Waals surface area contributed by atoms with Crippen molar-refractivity contribution < 1.29 is 9.21 Å². The summed E-state index contributed by atoms with van der Waals surface area (Å²) in [6.07, 6.45) is 0.769. The van der Waals surface area contributed by atoms with E-state index in [0.717, 1.165) is 13.0 Å². The van der Waals surface area contributed by atoms with Gasteiger partial charge in [0.2, 0.25) is 11.8 Å². The highest BCUT2D eigenvalue weighted by Gasteiger charge is 2.39. The second-order valence-corrected chi connectivity index (χ2v) is 5.69. The van der Waals surface area contributed by atoms with Gasteiger partial charge in [-0.1, -0.05) is 6.07 Å². The molecule has 1 fully saturated rings. The van der Waals surface area contributed by atoms with Crippen LogP contribution in [0.5, 0.6) is 0 Å². The van der Waals surface area contributed by atoms with E-state index in [0.29, 0.717) is 35.8 Å². The molecule has 1 amide bonds. The van der Waals surface area contributed by atoms with E-state index >= 15 is 0 Å². The van der Waals surface area contributed by atoms with E-state index in [2.05, 4.69) is 9.88 Å². The summed E-state index contributed by atoms with van der Waals surface area (Å²) in [5.74, 6) is 0.369. The summed E-state index contributed by atoms with van der Waals surface area (Å²) in [5, 5.41) is 0. The van der Waals surface area contributed by atoms with Crippen LogP contribution in [0.2, 0.25) is 0 Å². The summed E-state index contributed by atoms with van der Waals surface area (Å²) < 4.78 is 5.69. The number of hydrogen-bond acceptors (Lipinski definition) is 5. The van der Waals surface area contributed by atoms with E-state index in [4.69, 9.17) is 15.9 Å². The summed E-state index contributed by atoms with van der Waals surface area (Å²) in [6, 6.07) is 5.49. The number of anilines is 1. The monoisotopic (exact) mass is 274 g/mol. The summed E-state index contributed by atoms with van der Waals surface area (Å²) in [7, 11) is 0. The lowest BCUT2D eigenvalue weighted by Gasteiger charge is -2.19. The quantitative estimate of drug-likeness (QED) is 0.817. The topological polar surface area (TPSA) is 98.4 Å². The van der Waals surface area contributed by atoms with Crippen molar-refractivity contribution in [2.24, 2.45) is 11.1 Å². The molecule has 1 aliphatic heterocycles. The van der Waals surface area contributed by atoms with E-state index < -0.39 is 5.41 Å². The molecule has 6 heteroatoms. The molecule has 0 bridgehead atoms. The van der Waals surface area contributed by atoms with Crippen LogP contribution in [0.3, 0.4) is 0 Å². The Morgan fingerprint density at radius 3 is 3.00 bits per heavy atom. The van der Waals surface area contributed by atoms with Gasteiger partial charge in [-0.2, -0.15) is 0 Å². The molecule has 1 saturated heterocycles. The first-order valence-corrected chi connectivity index (χ1v) is 6.64. The smallest absolute Gasteiger partial charge is 0.224 e. The van der Waals surface area contributed by atoms with Gasteiger partial charge >= 0.3 is 0 Å². The highest BCUT2D eigenvalue weighted by molar-refractivity contribution is 5.85. The molecule has 0 spiro atoms. The maximum absolute atomic E-state index is 11.4. The molecule has 1 aromatic heterocycles. The number of carbonyl (C=O) groups is 1. The van der Waals surface area contributed by atoms with Gasteiger partial charge in [0.1, 0.15) is 5.52 Å². The molecule has 0 saturated carbocycles. The van der Waals surface area contributed by atoms with Crippen molar-refractivity contribution in [3.05, 3.63) is 24.1 Å². The average Bonchev–Trinajstić information content (AvgIpc) is 2.95. The number of nitrogens with zero attached hydrogens (tertiary/aromatic N) is 2. The Balaban J connectivity index is 1.78. The molecule has 3 rings (SSSR count). The Morgan fingerprint density at radius 1 is 1.55 bits per heavy atom. The highest BCUT2D eigenvalue weighted by Crippen LogP contribution is 2.31. The third kappa shape index (κ3) is 2.12. The van der Waals surface area contributed by atoms with Crippen LogP contribution < -0.4 is 11.5 Å². The molecule has 106 valence electrons. The number of aromatic nitrogens is 1. The summed E-state index contributed by atoms with van der Waals surface area (Å²) in [6.45, 7) is 3.92. The molecule has 2 heterocycles. The van der Waals surface area contributed by atoms with Gasteiger partial charge in [0.15, 0.2) is 5.58 Å². The lowest BCUT2D eigenvalue weighted by Crippen LogP contribution is -2.36. The summed E-state index contributed by atoms with van der Waals surface area (Å²) in [4.78, 5) is 18.0. The second-order valence-electron chi connectivity index (χ2n) is 5.69. The molecule has 1 aliphatic rings. The van der Waals surface area contributed by atoms with Crippen molar-refractivity contribution in [1.29, 1.82) is 0 Å². The molecule has 4 N–H and O–H groups in total. The van der Waals surface area contributed by atoms with Gasteiger partial charge in [-0.05, 0) is 32.0 Å². The third-order valence-corrected chi connectivity index (χ3v) is 4.00. The van der Waals surface area contributed by atoms with Crippen molar-refractivity contribution >= 4 is 22.7 Å². The van der Waals surface area contributed by atoms with Gasteiger partial charge in [-0.3, -0.25) is 9.69 Å². The maximum atomic E-state index is 11.4. The minimum absolute atomic E-state index is 0.248. The number of hydrogen-bond donors (Lipinski definition) is 2. The maximum Gasteiger partial charge on any atom is 0.224 e. The summed E-state index contributed by atoms with van der Waals surface area (Å²) in [5.41, 5.74) is 12.9. The molecule has 0 aliphatic carbocycles. The average molecular weight is 274 g/mol. The highest BCUT2D eigenvalue weighted by atomic mass is 16.3. The van der Waals surface area contributed by atoms with Crippen molar-refractivity contribution in [3.63, 3.8) is 0 Å². The van der Waals surface area contributed by atoms with Gasteiger partial charge in [-0.15, -0.1) is 0 Å². The van der Waals surface area contributed by atoms with Crippen molar-refractivity contribution in [2.75, 3.05) is 18.8 Å². The second kappa shape index (κ2) is 4.49. The van der Waals surface area contributed by atoms with E-state index in [9.17, 15) is 4.79 Å². The van der Waals surface area contributed by atoms with Crippen LogP contribution in [0, 0.1) is 5.41 Å². The number of para-hydroxylation sites is 1. The number of fused-ring (bicyclic) bond motifs is 1. The number of nitrogens with two attached hydrogens (primary N) is 2. The third-order valence-electron chi connectivity index (χ3n) is 4.00. The fourth-order valence-corrected chi connectivity index (χ4v) is 2.67. The van der Waals surface area contributed by atoms with Gasteiger partial charge in [0.05, 0.1) is 17.6 Å². The van der Waals surface area contributed by atoms with E-state index in [1.54, 1.807) is 6.07 Å². The van der Waals surface area contributed by atoms with Gasteiger partial charge in [0, 0.05) is 6.54 Å². The first kappa shape index (κ1) is 12.9. The van der Waals surface area contributed by atoms with E-state index in [-0.39, 0.29) is 5.91 Å². The standard InChI is InChI=1S/C14H18N4O2/c1-14(13(16)19)5-6-18(8-14)7-11-17-12-9(15)3-2-4-10(12)20-11/h2-4H,5-8,15H2,1H3,(H2,16,19). The fourth-order valence-electron chi connectivity index (χ4n) is 2.67. The van der Waals surface area contributed by atoms with Crippen LogP contribution in [-0.4, -0.2) is 28.9 Å². The van der Waals surface area contributed by atoms with Crippen molar-refractivity contribution in [1.82, 2.24) is 9.88 Å². The lowest BCUT2D eigenvalue weighted by atomic mass is 9.89. The number of oxazole rings is 1. The Labute approximate surface area is 116 Å². The lowest BCUT2D eigenvalue weighted by molar-refractivity contribution is -0.126. The molecule has 0 radical (unpaired) electrons. The molecular weight excluding hydrogens is 256 g/mol. The van der Waals surface area contributed by atoms with Gasteiger partial charge in [0.25, 0.3) is 0 Å². The number of amides is 1. The van der Waals surface area contributed by atoms with Crippen molar-refractivity contribution in [3.8, 4) is 0 Å². The zero-order valence-corrected chi connectivity index (χ0v) is 11.4. The largest absolute Gasteiger partial charge is 0.439 e. The van der Waals surface area contributed by atoms with Crippen LogP contribution in [-0.2, 0) is 11.3 Å². The van der Waals surface area contributed by atoms with Crippen LogP contribution in [0.1, 0.15) is 19.2 Å². The number of primary amides is 1. The van der Waals surface area contributed by atoms with Crippen LogP contribution in [0.4, 0.5) is 5.69 Å². The van der Waals surface area contributed by atoms with E-state index in [1.165, 1.54) is 0 Å². The number of benzene rings is 1. The van der Waals surface area contributed by atoms with Gasteiger partial charge in [-0.25, -0.2) is 4.98 Å². The van der Waals surface area contributed by atoms with Gasteiger partial charge < -0.3 is 15.9 Å². The van der Waals surface area contributed by atoms with Crippen LogP contribution >= 0.6 is 0 Å². The Morgan fingerprint density at radius 2 is 2.35 bits per heavy atom. The first-order chi connectivity index (χ1) is 9.48. The number of likely N-dealkylation sites (tertiary alicyclic amines) is 1. The predicted molar refractivity (Wildman–Crippen MR) is 75.6 cm³/mol. The van der Waals surface area contributed by atoms with Crippen molar-refractivity contribution in [2.45, 2.75) is 19.9 Å². The number of rotatable bonds is 3. The number of carbonyl (C=O) groups excluding carboxylic acids is 1. The number of nitrogen functional groups attached to an aromatic ring is 1. The first-order valence-electron chi connectivity index (χ1n) is 6.64. The zero-order valence-electron chi connectivity index (χ0n) is 11.4. The minimum Gasteiger partial charge on any atom is -0.439 e. The van der Waals surface area contributed by atoms with Crippen LogP contribution in [0.25, 0.3) is 11.1 Å². The van der Waals surface area contributed by atoms with E-state index in [1.807, 2.05) is 19.1 Å².